The molecule has 0 spiro atoms. The maximum atomic E-state index is 13.5. The molecule has 1 aliphatic heterocycles. The Morgan fingerprint density at radius 1 is 1.06 bits per heavy atom. The lowest BCUT2D eigenvalue weighted by atomic mass is 10.2. The minimum Gasteiger partial charge on any atom is -0.421 e. The molecule has 4 rings (SSSR count). The predicted molar refractivity (Wildman–Crippen MR) is 131 cm³/mol. The van der Waals surface area contributed by atoms with Crippen molar-refractivity contribution in [1.82, 2.24) is 0 Å². The van der Waals surface area contributed by atoms with Crippen molar-refractivity contribution in [2.75, 3.05) is 31.1 Å². The van der Waals surface area contributed by atoms with Crippen molar-refractivity contribution in [3.05, 3.63) is 86.6 Å². The Morgan fingerprint density at radius 3 is 2.53 bits per heavy atom. The molecule has 32 heavy (non-hydrogen) atoms. The molecular formula is C24H21Br2FN3O2+. The van der Waals surface area contributed by atoms with Gasteiger partial charge < -0.3 is 15.0 Å². The van der Waals surface area contributed by atoms with E-state index in [1.165, 1.54) is 23.9 Å². The number of esters is 1. The SMILES string of the molecule is O=C(Oc1c(Br)cc(Br)cc1C=Nc1ccc(N2CC[NH2+]CC2)cc1)c1cccc(F)c1. The first kappa shape index (κ1) is 22.6. The van der Waals surface area contributed by atoms with E-state index < -0.39 is 11.8 Å². The summed E-state index contributed by atoms with van der Waals surface area (Å²) in [5.74, 6) is -0.833. The third kappa shape index (κ3) is 5.62. The molecule has 0 radical (unpaired) electrons. The van der Waals surface area contributed by atoms with E-state index in [1.807, 2.05) is 12.1 Å². The Hall–Kier alpha value is -2.55. The minimum absolute atomic E-state index is 0.133. The van der Waals surface area contributed by atoms with Gasteiger partial charge in [-0.2, -0.15) is 0 Å². The lowest BCUT2D eigenvalue weighted by Gasteiger charge is -2.27. The standard InChI is InChI=1S/C24H20Br2FN3O2/c25-18-12-17(15-29-20-4-6-21(7-5-20)30-10-8-28-9-11-30)23(22(26)14-18)32-24(31)16-2-1-3-19(27)13-16/h1-7,12-15,28H,8-11H2/p+1. The highest BCUT2D eigenvalue weighted by atomic mass is 79.9. The third-order valence-electron chi connectivity index (χ3n) is 5.07. The van der Waals surface area contributed by atoms with Crippen LogP contribution in [0.25, 0.3) is 0 Å². The lowest BCUT2D eigenvalue weighted by Crippen LogP contribution is -2.89. The van der Waals surface area contributed by atoms with Gasteiger partial charge in [0.05, 0.1) is 41.9 Å². The van der Waals surface area contributed by atoms with Gasteiger partial charge in [-0.1, -0.05) is 22.0 Å². The number of rotatable bonds is 5. The van der Waals surface area contributed by atoms with Crippen molar-refractivity contribution in [2.24, 2.45) is 4.99 Å². The summed E-state index contributed by atoms with van der Waals surface area (Å²) in [6.45, 7) is 4.28. The molecule has 5 nitrogen and oxygen atoms in total. The second-order valence-corrected chi connectivity index (χ2v) is 9.10. The average Bonchev–Trinajstić information content (AvgIpc) is 2.80. The van der Waals surface area contributed by atoms with E-state index >= 15 is 0 Å². The second-order valence-electron chi connectivity index (χ2n) is 7.33. The summed E-state index contributed by atoms with van der Waals surface area (Å²) in [7, 11) is 0. The Labute approximate surface area is 202 Å². The van der Waals surface area contributed by atoms with Crippen LogP contribution in [0.5, 0.6) is 5.75 Å². The number of ether oxygens (including phenoxy) is 1. The fourth-order valence-electron chi connectivity index (χ4n) is 3.45. The van der Waals surface area contributed by atoms with Gasteiger partial charge in [0.2, 0.25) is 0 Å². The van der Waals surface area contributed by atoms with Crippen LogP contribution in [0, 0.1) is 5.82 Å². The van der Waals surface area contributed by atoms with Gasteiger partial charge in [0.25, 0.3) is 0 Å². The quantitative estimate of drug-likeness (QED) is 0.279. The highest BCUT2D eigenvalue weighted by molar-refractivity contribution is 9.11. The number of anilines is 1. The molecular weight excluding hydrogens is 541 g/mol. The Bertz CT molecular complexity index is 1150. The van der Waals surface area contributed by atoms with Crippen LogP contribution >= 0.6 is 31.9 Å². The number of aliphatic imine (C=N–C) groups is 1. The Balaban J connectivity index is 1.55. The summed E-state index contributed by atoms with van der Waals surface area (Å²) in [5.41, 5.74) is 2.71. The number of quaternary nitrogens is 1. The summed E-state index contributed by atoms with van der Waals surface area (Å²) in [6.07, 6.45) is 1.65. The fraction of sp³-hybridized carbons (Fsp3) is 0.167. The topological polar surface area (TPSA) is 58.5 Å². The van der Waals surface area contributed by atoms with E-state index in [9.17, 15) is 9.18 Å². The van der Waals surface area contributed by atoms with Gasteiger partial charge in [-0.3, -0.25) is 4.99 Å². The van der Waals surface area contributed by atoms with Crippen LogP contribution in [0.4, 0.5) is 15.8 Å². The zero-order valence-electron chi connectivity index (χ0n) is 17.1. The molecule has 0 amide bonds. The van der Waals surface area contributed by atoms with E-state index in [0.29, 0.717) is 15.8 Å². The van der Waals surface area contributed by atoms with Gasteiger partial charge in [-0.05, 0) is 70.5 Å². The van der Waals surface area contributed by atoms with E-state index in [2.05, 4.69) is 59.2 Å². The van der Waals surface area contributed by atoms with Gasteiger partial charge in [0.15, 0.2) is 5.75 Å². The van der Waals surface area contributed by atoms with Crippen molar-refractivity contribution in [3.8, 4) is 5.75 Å². The van der Waals surface area contributed by atoms with Crippen molar-refractivity contribution >= 4 is 55.4 Å². The molecule has 0 bridgehead atoms. The molecule has 2 N–H and O–H groups in total. The zero-order chi connectivity index (χ0) is 22.5. The maximum absolute atomic E-state index is 13.5. The number of carbonyl (C=O) groups is 1. The highest BCUT2D eigenvalue weighted by Crippen LogP contribution is 2.33. The molecule has 3 aromatic rings. The second kappa shape index (κ2) is 10.4. The molecule has 1 aliphatic rings. The van der Waals surface area contributed by atoms with Gasteiger partial charge in [-0.15, -0.1) is 0 Å². The molecule has 1 heterocycles. The minimum atomic E-state index is -0.648. The van der Waals surface area contributed by atoms with E-state index in [0.717, 1.165) is 42.4 Å². The van der Waals surface area contributed by atoms with Crippen LogP contribution < -0.4 is 15.0 Å². The smallest absolute Gasteiger partial charge is 0.343 e. The maximum Gasteiger partial charge on any atom is 0.343 e. The molecule has 0 unspecified atom stereocenters. The van der Waals surface area contributed by atoms with Crippen LogP contribution in [0.1, 0.15) is 15.9 Å². The lowest BCUT2D eigenvalue weighted by molar-refractivity contribution is -0.655. The van der Waals surface area contributed by atoms with Crippen LogP contribution in [0.3, 0.4) is 0 Å². The highest BCUT2D eigenvalue weighted by Gasteiger charge is 2.16. The molecule has 164 valence electrons. The van der Waals surface area contributed by atoms with Crippen molar-refractivity contribution < 1.29 is 19.2 Å². The molecule has 1 fully saturated rings. The van der Waals surface area contributed by atoms with E-state index in [1.54, 1.807) is 18.3 Å². The first-order valence-corrected chi connectivity index (χ1v) is 11.8. The number of benzene rings is 3. The third-order valence-corrected chi connectivity index (χ3v) is 6.11. The van der Waals surface area contributed by atoms with Crippen LogP contribution in [0.2, 0.25) is 0 Å². The molecule has 0 aromatic heterocycles. The number of nitrogens with two attached hydrogens (primary N) is 1. The Morgan fingerprint density at radius 2 is 1.81 bits per heavy atom. The molecule has 0 atom stereocenters. The molecule has 0 saturated carbocycles. The van der Waals surface area contributed by atoms with Crippen molar-refractivity contribution in [3.63, 3.8) is 0 Å². The summed E-state index contributed by atoms with van der Waals surface area (Å²) >= 11 is 6.90. The normalized spacial score (nSPS) is 14.0. The van der Waals surface area contributed by atoms with Gasteiger partial charge in [0, 0.05) is 21.9 Å². The number of halogens is 3. The average molecular weight is 562 g/mol. The number of nitrogens with zero attached hydrogens (tertiary/aromatic N) is 2. The number of hydrogen-bond acceptors (Lipinski definition) is 4. The molecule has 8 heteroatoms. The van der Waals surface area contributed by atoms with Crippen LogP contribution in [-0.2, 0) is 0 Å². The summed E-state index contributed by atoms with van der Waals surface area (Å²) in [5, 5.41) is 2.32. The number of carbonyl (C=O) groups excluding carboxylic acids is 1. The first-order chi connectivity index (χ1) is 15.5. The van der Waals surface area contributed by atoms with Crippen LogP contribution in [-0.4, -0.2) is 38.4 Å². The zero-order valence-corrected chi connectivity index (χ0v) is 20.3. The van der Waals surface area contributed by atoms with Gasteiger partial charge in [0.1, 0.15) is 5.82 Å². The predicted octanol–water partition coefficient (Wildman–Crippen LogP) is 4.70. The van der Waals surface area contributed by atoms with Crippen molar-refractivity contribution in [2.45, 2.75) is 0 Å². The number of hydrogen-bond donors (Lipinski definition) is 1. The first-order valence-electron chi connectivity index (χ1n) is 10.2. The van der Waals surface area contributed by atoms with Gasteiger partial charge in [-0.25, -0.2) is 9.18 Å². The molecule has 3 aromatic carbocycles. The van der Waals surface area contributed by atoms with E-state index in [4.69, 9.17) is 4.74 Å². The Kier molecular flexibility index (Phi) is 7.34. The monoisotopic (exact) mass is 560 g/mol. The van der Waals surface area contributed by atoms with Crippen molar-refractivity contribution in [1.29, 1.82) is 0 Å². The fourth-order valence-corrected chi connectivity index (χ4v) is 4.79. The van der Waals surface area contributed by atoms with Crippen LogP contribution in [0.15, 0.2) is 74.6 Å². The molecule has 1 saturated heterocycles. The van der Waals surface area contributed by atoms with E-state index in [-0.39, 0.29) is 5.56 Å². The summed E-state index contributed by atoms with van der Waals surface area (Å²) < 4.78 is 20.4. The summed E-state index contributed by atoms with van der Waals surface area (Å²) in [6, 6.07) is 17.1. The largest absolute Gasteiger partial charge is 0.421 e. The number of piperazine rings is 1. The molecule has 0 aliphatic carbocycles. The van der Waals surface area contributed by atoms with Gasteiger partial charge >= 0.3 is 5.97 Å². The summed E-state index contributed by atoms with van der Waals surface area (Å²) in [4.78, 5) is 19.5.